The van der Waals surface area contributed by atoms with Crippen LogP contribution >= 0.6 is 0 Å². The summed E-state index contributed by atoms with van der Waals surface area (Å²) in [6.07, 6.45) is 1.10. The van der Waals surface area contributed by atoms with Crippen LogP contribution in [0.3, 0.4) is 0 Å². The third-order valence-electron chi connectivity index (χ3n) is 4.68. The average Bonchev–Trinajstić information content (AvgIpc) is 3.09. The Balaban J connectivity index is 1.66. The Bertz CT molecular complexity index is 860. The fraction of sp³-hybridized carbons (Fsp3) is 0.389. The predicted molar refractivity (Wildman–Crippen MR) is 90.7 cm³/mol. The molecule has 1 amide bonds. The largest absolute Gasteiger partial charge is 0.491 e. The summed E-state index contributed by atoms with van der Waals surface area (Å²) in [5, 5.41) is 15.7. The molecule has 27 heavy (non-hydrogen) atoms. The molecule has 0 radical (unpaired) electrons. The first-order chi connectivity index (χ1) is 12.9. The van der Waals surface area contributed by atoms with Crippen LogP contribution in [0.5, 0.6) is 5.75 Å². The number of methoxy groups -OCH3 is 1. The molecule has 0 bridgehead atoms. The molecule has 9 heteroatoms. The second-order valence-electron chi connectivity index (χ2n) is 6.40. The maximum absolute atomic E-state index is 14.3. The van der Waals surface area contributed by atoms with Crippen LogP contribution in [-0.4, -0.2) is 52.3 Å². The van der Waals surface area contributed by atoms with Crippen molar-refractivity contribution in [2.75, 3.05) is 20.2 Å². The summed E-state index contributed by atoms with van der Waals surface area (Å²) in [6.45, 7) is 0.785. The fourth-order valence-electron chi connectivity index (χ4n) is 3.28. The number of H-pyrrole nitrogens is 1. The minimum Gasteiger partial charge on any atom is -0.491 e. The molecule has 2 aromatic rings. The van der Waals surface area contributed by atoms with Gasteiger partial charge in [0.25, 0.3) is 5.91 Å². The van der Waals surface area contributed by atoms with Gasteiger partial charge in [-0.05, 0) is 31.0 Å². The SMILES string of the molecule is COc1c(F)ccc(C(=O)N2CCC(c3cc(CC(=O)O)[nH]n3)CC2)c1F. The lowest BCUT2D eigenvalue weighted by molar-refractivity contribution is -0.136. The molecular weight excluding hydrogens is 360 g/mol. The predicted octanol–water partition coefficient (Wildman–Crippen LogP) is 2.34. The Morgan fingerprint density at radius 1 is 1.33 bits per heavy atom. The zero-order chi connectivity index (χ0) is 19.6. The quantitative estimate of drug-likeness (QED) is 0.831. The molecule has 2 N–H and O–H groups in total. The molecule has 1 aromatic heterocycles. The highest BCUT2D eigenvalue weighted by Crippen LogP contribution is 2.30. The molecule has 0 unspecified atom stereocenters. The van der Waals surface area contributed by atoms with Crippen molar-refractivity contribution in [2.24, 2.45) is 0 Å². The smallest absolute Gasteiger partial charge is 0.309 e. The number of benzene rings is 1. The standard InChI is InChI=1S/C18H19F2N3O4/c1-27-17-13(19)3-2-12(16(17)20)18(26)23-6-4-10(5-7-23)14-8-11(21-22-14)9-15(24)25/h2-3,8,10H,4-7,9H2,1H3,(H,21,22)(H,24,25). The molecule has 1 aliphatic rings. The molecule has 0 spiro atoms. The molecule has 0 saturated carbocycles. The summed E-state index contributed by atoms with van der Waals surface area (Å²) >= 11 is 0. The Kier molecular flexibility index (Phi) is 5.38. The molecule has 0 aliphatic carbocycles. The number of rotatable bonds is 5. The van der Waals surface area contributed by atoms with Crippen molar-refractivity contribution in [3.63, 3.8) is 0 Å². The van der Waals surface area contributed by atoms with Crippen LogP contribution in [0.4, 0.5) is 8.78 Å². The van der Waals surface area contributed by atoms with E-state index in [1.165, 1.54) is 4.90 Å². The number of hydrogen-bond acceptors (Lipinski definition) is 4. The van der Waals surface area contributed by atoms with Gasteiger partial charge in [0.1, 0.15) is 0 Å². The molecule has 7 nitrogen and oxygen atoms in total. The lowest BCUT2D eigenvalue weighted by Gasteiger charge is -2.31. The van der Waals surface area contributed by atoms with Crippen molar-refractivity contribution in [3.05, 3.63) is 46.8 Å². The zero-order valence-corrected chi connectivity index (χ0v) is 14.7. The van der Waals surface area contributed by atoms with Crippen LogP contribution < -0.4 is 4.74 Å². The van der Waals surface area contributed by atoms with Gasteiger partial charge in [-0.3, -0.25) is 14.7 Å². The van der Waals surface area contributed by atoms with Gasteiger partial charge in [0.05, 0.1) is 24.8 Å². The van der Waals surface area contributed by atoms with E-state index in [1.807, 2.05) is 0 Å². The van der Waals surface area contributed by atoms with Crippen LogP contribution in [-0.2, 0) is 11.2 Å². The number of aliphatic carboxylic acids is 1. The number of carbonyl (C=O) groups excluding carboxylic acids is 1. The Morgan fingerprint density at radius 3 is 2.67 bits per heavy atom. The molecule has 1 fully saturated rings. The van der Waals surface area contributed by atoms with Gasteiger partial charge in [0.15, 0.2) is 17.4 Å². The number of ether oxygens (including phenoxy) is 1. The number of nitrogens with one attached hydrogen (secondary N) is 1. The van der Waals surface area contributed by atoms with Gasteiger partial charge >= 0.3 is 5.97 Å². The lowest BCUT2D eigenvalue weighted by atomic mass is 9.93. The molecule has 2 heterocycles. The van der Waals surface area contributed by atoms with E-state index in [0.29, 0.717) is 31.6 Å². The summed E-state index contributed by atoms with van der Waals surface area (Å²) < 4.78 is 32.5. The minimum atomic E-state index is -1.00. The van der Waals surface area contributed by atoms with E-state index in [-0.39, 0.29) is 17.9 Å². The number of nitrogens with zero attached hydrogens (tertiary/aromatic N) is 2. The molecule has 1 aliphatic heterocycles. The number of piperidine rings is 1. The zero-order valence-electron chi connectivity index (χ0n) is 14.7. The second kappa shape index (κ2) is 7.73. The third-order valence-corrected chi connectivity index (χ3v) is 4.68. The van der Waals surface area contributed by atoms with Crippen LogP contribution in [0.2, 0.25) is 0 Å². The normalized spacial score (nSPS) is 15.0. The van der Waals surface area contributed by atoms with Gasteiger partial charge in [-0.15, -0.1) is 0 Å². The van der Waals surface area contributed by atoms with Gasteiger partial charge < -0.3 is 14.7 Å². The van der Waals surface area contributed by atoms with Crippen molar-refractivity contribution in [1.29, 1.82) is 0 Å². The highest BCUT2D eigenvalue weighted by Gasteiger charge is 2.29. The van der Waals surface area contributed by atoms with Gasteiger partial charge in [-0.2, -0.15) is 5.10 Å². The summed E-state index contributed by atoms with van der Waals surface area (Å²) in [5.74, 6) is -3.81. The Morgan fingerprint density at radius 2 is 2.04 bits per heavy atom. The highest BCUT2D eigenvalue weighted by molar-refractivity contribution is 5.95. The molecular formula is C18H19F2N3O4. The molecule has 1 aromatic carbocycles. The van der Waals surface area contributed by atoms with Crippen LogP contribution in [0.15, 0.2) is 18.2 Å². The van der Waals surface area contributed by atoms with E-state index in [9.17, 15) is 18.4 Å². The number of carbonyl (C=O) groups is 2. The molecule has 3 rings (SSSR count). The second-order valence-corrected chi connectivity index (χ2v) is 6.40. The number of amides is 1. The summed E-state index contributed by atoms with van der Waals surface area (Å²) in [6, 6.07) is 3.85. The van der Waals surface area contributed by atoms with E-state index in [1.54, 1.807) is 6.07 Å². The summed E-state index contributed by atoms with van der Waals surface area (Å²) in [4.78, 5) is 24.8. The van der Waals surface area contributed by atoms with E-state index in [0.717, 1.165) is 24.9 Å². The van der Waals surface area contributed by atoms with Gasteiger partial charge in [-0.25, -0.2) is 8.78 Å². The monoisotopic (exact) mass is 379 g/mol. The van der Waals surface area contributed by atoms with Gasteiger partial charge in [0.2, 0.25) is 0 Å². The number of hydrogen-bond donors (Lipinski definition) is 2. The first-order valence-electron chi connectivity index (χ1n) is 8.48. The summed E-state index contributed by atoms with van der Waals surface area (Å²) in [5.41, 5.74) is 1.06. The van der Waals surface area contributed by atoms with Crippen LogP contribution in [0, 0.1) is 11.6 Å². The first kappa shape index (κ1) is 18.8. The molecule has 0 atom stereocenters. The van der Waals surface area contributed by atoms with E-state index < -0.39 is 29.3 Å². The van der Waals surface area contributed by atoms with Crippen molar-refractivity contribution < 1.29 is 28.2 Å². The number of halogens is 2. The molecule has 144 valence electrons. The number of aromatic amines is 1. The maximum atomic E-state index is 14.3. The van der Waals surface area contributed by atoms with Crippen molar-refractivity contribution >= 4 is 11.9 Å². The van der Waals surface area contributed by atoms with Crippen molar-refractivity contribution in [3.8, 4) is 5.75 Å². The summed E-state index contributed by atoms with van der Waals surface area (Å²) in [7, 11) is 1.14. The number of aromatic nitrogens is 2. The maximum Gasteiger partial charge on any atom is 0.309 e. The van der Waals surface area contributed by atoms with Gasteiger partial charge in [-0.1, -0.05) is 0 Å². The number of carboxylic acids is 1. The average molecular weight is 379 g/mol. The van der Waals surface area contributed by atoms with Crippen molar-refractivity contribution in [2.45, 2.75) is 25.2 Å². The number of carboxylic acid groups (broad SMARTS) is 1. The number of likely N-dealkylation sites (tertiary alicyclic amines) is 1. The topological polar surface area (TPSA) is 95.5 Å². The van der Waals surface area contributed by atoms with E-state index in [2.05, 4.69) is 14.9 Å². The highest BCUT2D eigenvalue weighted by atomic mass is 19.1. The fourth-order valence-corrected chi connectivity index (χ4v) is 3.28. The lowest BCUT2D eigenvalue weighted by Crippen LogP contribution is -2.38. The Labute approximate surface area is 153 Å². The molecule has 1 saturated heterocycles. The van der Waals surface area contributed by atoms with Gasteiger partial charge in [0, 0.05) is 24.7 Å². The van der Waals surface area contributed by atoms with E-state index >= 15 is 0 Å². The van der Waals surface area contributed by atoms with E-state index in [4.69, 9.17) is 5.11 Å². The Hall–Kier alpha value is -2.97. The third kappa shape index (κ3) is 3.91. The van der Waals surface area contributed by atoms with Crippen molar-refractivity contribution in [1.82, 2.24) is 15.1 Å². The first-order valence-corrected chi connectivity index (χ1v) is 8.48. The minimum absolute atomic E-state index is 0.0837. The van der Waals surface area contributed by atoms with Crippen LogP contribution in [0.1, 0.15) is 40.5 Å². The van der Waals surface area contributed by atoms with Crippen LogP contribution in [0.25, 0.3) is 0 Å².